The summed E-state index contributed by atoms with van der Waals surface area (Å²) < 4.78 is 147. The number of hydrogen-bond acceptors (Lipinski definition) is 5. The number of carbonyl (C=O) groups is 1. The van der Waals surface area contributed by atoms with Crippen molar-refractivity contribution in [1.29, 1.82) is 0 Å². The maximum Gasteiger partial charge on any atom is 0.460 e. The molecule has 6 nitrogen and oxygen atoms in total. The van der Waals surface area contributed by atoms with Crippen LogP contribution < -0.4 is 0 Å². The van der Waals surface area contributed by atoms with Crippen molar-refractivity contribution in [3.63, 3.8) is 0 Å². The summed E-state index contributed by atoms with van der Waals surface area (Å²) in [6, 6.07) is -2.13. The Morgan fingerprint density at radius 2 is 1.59 bits per heavy atom. The summed E-state index contributed by atoms with van der Waals surface area (Å²) in [7, 11) is -6.03. The van der Waals surface area contributed by atoms with Crippen LogP contribution in [-0.2, 0) is 19.0 Å². The number of alkyl halides is 9. The van der Waals surface area contributed by atoms with E-state index in [1.165, 1.54) is 12.2 Å². The molecule has 0 aromatic heterocycles. The number of halogens is 9. The van der Waals surface area contributed by atoms with E-state index in [9.17, 15) is 52.7 Å². The number of ether oxygens (including phenoxy) is 1. The highest BCUT2D eigenvalue weighted by Gasteiger charge is 2.86. The van der Waals surface area contributed by atoms with Crippen LogP contribution in [0.5, 0.6) is 0 Å². The predicted molar refractivity (Wildman–Crippen MR) is 74.6 cm³/mol. The first-order chi connectivity index (χ1) is 12.9. The Hall–Kier alpha value is -2.13. The van der Waals surface area contributed by atoms with Crippen molar-refractivity contribution < 1.29 is 61.6 Å². The lowest BCUT2D eigenvalue weighted by atomic mass is 10.1. The first-order valence-electron chi connectivity index (χ1n) is 7.30. The van der Waals surface area contributed by atoms with E-state index in [4.69, 9.17) is 0 Å². The van der Waals surface area contributed by atoms with Crippen LogP contribution in [0.3, 0.4) is 0 Å². The van der Waals surface area contributed by atoms with Crippen molar-refractivity contribution in [2.24, 2.45) is 0 Å². The number of fused-ring (bicyclic) bond motifs is 2. The van der Waals surface area contributed by atoms with Crippen molar-refractivity contribution in [2.45, 2.75) is 41.8 Å². The van der Waals surface area contributed by atoms with Gasteiger partial charge in [0.05, 0.1) is 19.2 Å². The van der Waals surface area contributed by atoms with Gasteiger partial charge in [0, 0.05) is 6.42 Å². The van der Waals surface area contributed by atoms with Gasteiger partial charge < -0.3 is 8.92 Å². The van der Waals surface area contributed by atoms with Crippen LogP contribution in [0.2, 0.25) is 0 Å². The molecule has 0 aromatic carbocycles. The third-order valence-electron chi connectivity index (χ3n) is 4.01. The molecular weight excluding hydrogens is 453 g/mol. The van der Waals surface area contributed by atoms with Crippen LogP contribution in [0.25, 0.3) is 0 Å². The molecule has 0 fully saturated rings. The second-order valence-electron chi connectivity index (χ2n) is 5.86. The number of nitrogens with zero attached hydrogens (tertiary/aromatic N) is 1. The Morgan fingerprint density at radius 3 is 2.03 bits per heavy atom. The second-order valence-corrected chi connectivity index (χ2v) is 7.45. The standard InChI is InChI=1S/C13H10F9NO5S/c1-27-9(24)23-6-2-3-7(23)5-8(4-6)28-29(25,26)13(21,22)11(16,17)10(14,15)12(18,19)20/h2-4,6-7H,5H2,1H3/t6-,7+/m1/s1. The summed E-state index contributed by atoms with van der Waals surface area (Å²) in [5, 5.41) is -6.95. The van der Waals surface area contributed by atoms with Crippen molar-refractivity contribution in [3.8, 4) is 0 Å². The molecular formula is C13H10F9NO5S. The van der Waals surface area contributed by atoms with Gasteiger partial charge in [-0.3, -0.25) is 4.90 Å². The van der Waals surface area contributed by atoms with E-state index in [2.05, 4.69) is 8.92 Å². The lowest BCUT2D eigenvalue weighted by Crippen LogP contribution is -2.63. The molecule has 0 N–H and O–H groups in total. The molecule has 2 rings (SSSR count). The molecule has 0 saturated carbocycles. The zero-order valence-corrected chi connectivity index (χ0v) is 14.7. The number of amides is 1. The molecule has 2 aliphatic heterocycles. The highest BCUT2D eigenvalue weighted by molar-refractivity contribution is 7.88. The molecule has 16 heteroatoms. The summed E-state index contributed by atoms with van der Waals surface area (Å²) in [4.78, 5) is 12.6. The average Bonchev–Trinajstić information content (AvgIpc) is 2.83. The predicted octanol–water partition coefficient (Wildman–Crippen LogP) is 3.42. The lowest BCUT2D eigenvalue weighted by molar-refractivity contribution is -0.382. The van der Waals surface area contributed by atoms with Gasteiger partial charge in [-0.2, -0.15) is 47.9 Å². The topological polar surface area (TPSA) is 72.9 Å². The summed E-state index contributed by atoms with van der Waals surface area (Å²) >= 11 is 0. The van der Waals surface area contributed by atoms with Crippen LogP contribution in [0, 0.1) is 0 Å². The molecule has 166 valence electrons. The summed E-state index contributed by atoms with van der Waals surface area (Å²) in [6.45, 7) is 0. The van der Waals surface area contributed by atoms with Crippen LogP contribution in [0.15, 0.2) is 24.0 Å². The van der Waals surface area contributed by atoms with E-state index < -0.39 is 63.8 Å². The second kappa shape index (κ2) is 6.70. The number of rotatable bonds is 5. The third kappa shape index (κ3) is 3.40. The van der Waals surface area contributed by atoms with Crippen LogP contribution in [-0.4, -0.2) is 61.9 Å². The van der Waals surface area contributed by atoms with Crippen LogP contribution >= 0.6 is 0 Å². The molecule has 2 atom stereocenters. The van der Waals surface area contributed by atoms with Crippen molar-refractivity contribution in [1.82, 2.24) is 4.90 Å². The monoisotopic (exact) mass is 463 g/mol. The molecule has 2 bridgehead atoms. The normalized spacial score (nSPS) is 23.1. The quantitative estimate of drug-likeness (QED) is 0.355. The Morgan fingerprint density at radius 1 is 1.03 bits per heavy atom. The maximum absolute atomic E-state index is 13.7. The van der Waals surface area contributed by atoms with E-state index in [-0.39, 0.29) is 0 Å². The van der Waals surface area contributed by atoms with Gasteiger partial charge >= 0.3 is 39.5 Å². The van der Waals surface area contributed by atoms with Crippen molar-refractivity contribution >= 4 is 16.2 Å². The van der Waals surface area contributed by atoms with E-state index in [1.807, 2.05) is 0 Å². The largest absolute Gasteiger partial charge is 0.460 e. The minimum absolute atomic E-state index is 0.682. The van der Waals surface area contributed by atoms with Gasteiger partial charge in [-0.15, -0.1) is 0 Å². The van der Waals surface area contributed by atoms with E-state index in [0.717, 1.165) is 12.0 Å². The molecule has 2 aliphatic rings. The number of methoxy groups -OCH3 is 1. The zero-order chi connectivity index (χ0) is 22.6. The molecule has 2 heterocycles. The van der Waals surface area contributed by atoms with Crippen molar-refractivity contribution in [3.05, 3.63) is 24.0 Å². The smallest absolute Gasteiger partial charge is 0.453 e. The lowest BCUT2D eigenvalue weighted by Gasteiger charge is -2.34. The zero-order valence-electron chi connectivity index (χ0n) is 13.9. The Balaban J connectivity index is 2.33. The maximum atomic E-state index is 13.7. The molecule has 0 radical (unpaired) electrons. The number of hydrogen-bond donors (Lipinski definition) is 0. The fourth-order valence-electron chi connectivity index (χ4n) is 2.55. The Bertz CT molecular complexity index is 849. The summed E-state index contributed by atoms with van der Waals surface area (Å²) in [5.41, 5.74) is 0. The van der Waals surface area contributed by atoms with Gasteiger partial charge in [-0.1, -0.05) is 12.2 Å². The average molecular weight is 463 g/mol. The third-order valence-corrected chi connectivity index (χ3v) is 5.33. The molecule has 0 aliphatic carbocycles. The van der Waals surface area contributed by atoms with Gasteiger partial charge in [0.15, 0.2) is 0 Å². The SMILES string of the molecule is COC(=O)N1[C@@H]2C=C[C@H]1CC(OS(=O)(=O)C(F)(F)C(F)(F)C(F)(F)C(F)(F)F)=C2. The molecule has 0 spiro atoms. The molecule has 0 unspecified atom stereocenters. The van der Waals surface area contributed by atoms with E-state index in [1.54, 1.807) is 0 Å². The highest BCUT2D eigenvalue weighted by atomic mass is 32.2. The number of carbonyl (C=O) groups excluding carboxylic acids is 1. The minimum atomic E-state index is -7.39. The first kappa shape index (κ1) is 23.2. The van der Waals surface area contributed by atoms with E-state index in [0.29, 0.717) is 6.08 Å². The van der Waals surface area contributed by atoms with Gasteiger partial charge in [-0.25, -0.2) is 4.79 Å². The molecule has 0 aromatic rings. The molecule has 29 heavy (non-hydrogen) atoms. The first-order valence-corrected chi connectivity index (χ1v) is 8.71. The highest BCUT2D eigenvalue weighted by Crippen LogP contribution is 2.55. The summed E-state index contributed by atoms with van der Waals surface area (Å²) in [5.74, 6) is -15.7. The van der Waals surface area contributed by atoms with Crippen LogP contribution in [0.1, 0.15) is 6.42 Å². The fraction of sp³-hybridized carbons (Fsp3) is 0.615. The summed E-state index contributed by atoms with van der Waals surface area (Å²) in [6.07, 6.45) is -5.54. The van der Waals surface area contributed by atoms with Gasteiger partial charge in [-0.05, 0) is 6.08 Å². The van der Waals surface area contributed by atoms with Gasteiger partial charge in [0.1, 0.15) is 5.76 Å². The fourth-order valence-corrected chi connectivity index (χ4v) is 3.50. The Kier molecular flexibility index (Phi) is 5.35. The van der Waals surface area contributed by atoms with E-state index >= 15 is 0 Å². The van der Waals surface area contributed by atoms with Crippen LogP contribution in [0.4, 0.5) is 44.3 Å². The minimum Gasteiger partial charge on any atom is -0.453 e. The van der Waals surface area contributed by atoms with Crippen molar-refractivity contribution in [2.75, 3.05) is 7.11 Å². The molecule has 1 amide bonds. The molecule has 0 saturated heterocycles. The van der Waals surface area contributed by atoms with Gasteiger partial charge in [0.2, 0.25) is 0 Å². The van der Waals surface area contributed by atoms with Gasteiger partial charge in [0.25, 0.3) is 0 Å². The Labute approximate surface area is 156 Å².